The number of benzene rings is 1. The van der Waals surface area contributed by atoms with Crippen LogP contribution in [-0.4, -0.2) is 12.5 Å². The van der Waals surface area contributed by atoms with Crippen molar-refractivity contribution in [3.8, 4) is 0 Å². The molecule has 0 spiro atoms. The van der Waals surface area contributed by atoms with Gasteiger partial charge >= 0.3 is 0 Å². The molecule has 1 fully saturated rings. The van der Waals surface area contributed by atoms with E-state index in [4.69, 9.17) is 5.73 Å². The minimum Gasteiger partial charge on any atom is -0.398 e. The number of hydrogen-bond donors (Lipinski definition) is 2. The second-order valence-corrected chi connectivity index (χ2v) is 6.22. The van der Waals surface area contributed by atoms with Gasteiger partial charge in [0.2, 0.25) is 0 Å². The lowest BCUT2D eigenvalue weighted by molar-refractivity contribution is 0.0939. The Hall–Kier alpha value is -1.51. The number of carbonyl (C=O) groups excluding carboxylic acids is 1. The Labute approximate surface area is 115 Å². The monoisotopic (exact) mass is 260 g/mol. The SMILES string of the molecule is Cc1cc(C)c(C(=O)NCC2(C(C)C)CC2)cc1N. The van der Waals surface area contributed by atoms with Crippen molar-refractivity contribution in [1.82, 2.24) is 5.32 Å². The van der Waals surface area contributed by atoms with Gasteiger partial charge in [-0.1, -0.05) is 19.9 Å². The fraction of sp³-hybridized carbons (Fsp3) is 0.562. The van der Waals surface area contributed by atoms with Gasteiger partial charge in [-0.25, -0.2) is 0 Å². The summed E-state index contributed by atoms with van der Waals surface area (Å²) in [5.74, 6) is 0.619. The Morgan fingerprint density at radius 1 is 1.32 bits per heavy atom. The molecule has 0 atom stereocenters. The molecule has 2 rings (SSSR count). The predicted octanol–water partition coefficient (Wildman–Crippen LogP) is 3.05. The summed E-state index contributed by atoms with van der Waals surface area (Å²) in [6.07, 6.45) is 2.44. The number of rotatable bonds is 4. The number of carbonyl (C=O) groups is 1. The molecule has 1 aromatic rings. The summed E-state index contributed by atoms with van der Waals surface area (Å²) in [6.45, 7) is 9.15. The van der Waals surface area contributed by atoms with E-state index in [0.717, 1.165) is 17.7 Å². The van der Waals surface area contributed by atoms with E-state index in [2.05, 4.69) is 19.2 Å². The van der Waals surface area contributed by atoms with E-state index >= 15 is 0 Å². The van der Waals surface area contributed by atoms with Gasteiger partial charge in [0, 0.05) is 17.8 Å². The Balaban J connectivity index is 2.07. The number of nitrogen functional groups attached to an aromatic ring is 1. The maximum Gasteiger partial charge on any atom is 0.251 e. The lowest BCUT2D eigenvalue weighted by atomic mass is 9.92. The summed E-state index contributed by atoms with van der Waals surface area (Å²) in [6, 6.07) is 3.76. The average molecular weight is 260 g/mol. The molecule has 0 aromatic heterocycles. The summed E-state index contributed by atoms with van der Waals surface area (Å²) in [5, 5.41) is 3.08. The van der Waals surface area contributed by atoms with E-state index in [-0.39, 0.29) is 5.91 Å². The van der Waals surface area contributed by atoms with Gasteiger partial charge in [0.05, 0.1) is 0 Å². The number of amides is 1. The third kappa shape index (κ3) is 2.75. The number of hydrogen-bond acceptors (Lipinski definition) is 2. The summed E-state index contributed by atoms with van der Waals surface area (Å²) < 4.78 is 0. The zero-order chi connectivity index (χ0) is 14.2. The van der Waals surface area contributed by atoms with Gasteiger partial charge in [-0.2, -0.15) is 0 Å². The molecule has 0 aliphatic heterocycles. The van der Waals surface area contributed by atoms with Crippen LogP contribution in [0.25, 0.3) is 0 Å². The highest BCUT2D eigenvalue weighted by Crippen LogP contribution is 2.51. The zero-order valence-electron chi connectivity index (χ0n) is 12.3. The molecule has 0 unspecified atom stereocenters. The van der Waals surface area contributed by atoms with Crippen LogP contribution < -0.4 is 11.1 Å². The van der Waals surface area contributed by atoms with Crippen molar-refractivity contribution >= 4 is 11.6 Å². The number of nitrogens with two attached hydrogens (primary N) is 1. The van der Waals surface area contributed by atoms with Gasteiger partial charge in [0.25, 0.3) is 5.91 Å². The Morgan fingerprint density at radius 2 is 1.95 bits per heavy atom. The molecule has 1 amide bonds. The van der Waals surface area contributed by atoms with Crippen LogP contribution in [0.5, 0.6) is 0 Å². The van der Waals surface area contributed by atoms with E-state index in [1.807, 2.05) is 19.9 Å². The van der Waals surface area contributed by atoms with Gasteiger partial charge < -0.3 is 11.1 Å². The third-order valence-electron chi connectivity index (χ3n) is 4.58. The Bertz CT molecular complexity index is 502. The van der Waals surface area contributed by atoms with Gasteiger partial charge in [0.15, 0.2) is 0 Å². The highest BCUT2D eigenvalue weighted by atomic mass is 16.1. The fourth-order valence-corrected chi connectivity index (χ4v) is 2.58. The molecule has 0 bridgehead atoms. The molecular formula is C16H24N2O. The van der Waals surface area contributed by atoms with Crippen molar-refractivity contribution < 1.29 is 4.79 Å². The average Bonchev–Trinajstić information content (AvgIpc) is 3.12. The van der Waals surface area contributed by atoms with Gasteiger partial charge in [0.1, 0.15) is 0 Å². The van der Waals surface area contributed by atoms with Crippen molar-refractivity contribution in [2.45, 2.75) is 40.5 Å². The summed E-state index contributed by atoms with van der Waals surface area (Å²) in [4.78, 5) is 12.3. The van der Waals surface area contributed by atoms with E-state index in [9.17, 15) is 4.79 Å². The minimum atomic E-state index is -0.00359. The van der Waals surface area contributed by atoms with Gasteiger partial charge in [-0.15, -0.1) is 0 Å². The second kappa shape index (κ2) is 4.87. The van der Waals surface area contributed by atoms with Crippen molar-refractivity contribution in [2.24, 2.45) is 11.3 Å². The van der Waals surface area contributed by atoms with Gasteiger partial charge in [-0.3, -0.25) is 4.79 Å². The molecule has 1 saturated carbocycles. The van der Waals surface area contributed by atoms with Crippen LogP contribution in [0.15, 0.2) is 12.1 Å². The lowest BCUT2D eigenvalue weighted by Gasteiger charge is -2.20. The predicted molar refractivity (Wildman–Crippen MR) is 79.2 cm³/mol. The second-order valence-electron chi connectivity index (χ2n) is 6.22. The van der Waals surface area contributed by atoms with Crippen LogP contribution in [0.1, 0.15) is 48.2 Å². The van der Waals surface area contributed by atoms with E-state index in [1.54, 1.807) is 6.07 Å². The molecule has 19 heavy (non-hydrogen) atoms. The van der Waals surface area contributed by atoms with Crippen molar-refractivity contribution in [3.05, 3.63) is 28.8 Å². The molecule has 3 N–H and O–H groups in total. The first kappa shape index (κ1) is 13.9. The van der Waals surface area contributed by atoms with E-state index < -0.39 is 0 Å². The normalized spacial score (nSPS) is 16.5. The molecule has 1 aromatic carbocycles. The molecule has 0 radical (unpaired) electrons. The Morgan fingerprint density at radius 3 is 2.47 bits per heavy atom. The van der Waals surface area contributed by atoms with E-state index in [1.165, 1.54) is 12.8 Å². The molecule has 3 heteroatoms. The van der Waals surface area contributed by atoms with Crippen molar-refractivity contribution in [1.29, 1.82) is 0 Å². The quantitative estimate of drug-likeness (QED) is 0.817. The van der Waals surface area contributed by atoms with Crippen LogP contribution in [-0.2, 0) is 0 Å². The first-order valence-corrected chi connectivity index (χ1v) is 7.01. The summed E-state index contributed by atoms with van der Waals surface area (Å²) in [7, 11) is 0. The van der Waals surface area contributed by atoms with Crippen LogP contribution in [0.3, 0.4) is 0 Å². The number of aryl methyl sites for hydroxylation is 2. The first-order valence-electron chi connectivity index (χ1n) is 7.01. The maximum absolute atomic E-state index is 12.3. The number of nitrogens with one attached hydrogen (secondary N) is 1. The van der Waals surface area contributed by atoms with E-state index in [0.29, 0.717) is 22.6 Å². The van der Waals surface area contributed by atoms with Crippen LogP contribution in [0.4, 0.5) is 5.69 Å². The van der Waals surface area contributed by atoms with Crippen LogP contribution in [0, 0.1) is 25.2 Å². The molecule has 3 nitrogen and oxygen atoms in total. The molecule has 0 heterocycles. The smallest absolute Gasteiger partial charge is 0.251 e. The third-order valence-corrected chi connectivity index (χ3v) is 4.58. The number of anilines is 1. The molecule has 104 valence electrons. The van der Waals surface area contributed by atoms with Crippen molar-refractivity contribution in [2.75, 3.05) is 12.3 Å². The molecule has 1 aliphatic rings. The first-order chi connectivity index (χ1) is 8.85. The topological polar surface area (TPSA) is 55.1 Å². The fourth-order valence-electron chi connectivity index (χ4n) is 2.58. The lowest BCUT2D eigenvalue weighted by Crippen LogP contribution is -2.33. The zero-order valence-corrected chi connectivity index (χ0v) is 12.3. The molecule has 1 aliphatic carbocycles. The van der Waals surface area contributed by atoms with Gasteiger partial charge in [-0.05, 0) is 55.2 Å². The van der Waals surface area contributed by atoms with Crippen LogP contribution >= 0.6 is 0 Å². The molecule has 0 saturated heterocycles. The summed E-state index contributed by atoms with van der Waals surface area (Å²) in [5.41, 5.74) is 9.61. The Kier molecular flexibility index (Phi) is 3.57. The summed E-state index contributed by atoms with van der Waals surface area (Å²) >= 11 is 0. The largest absolute Gasteiger partial charge is 0.398 e. The maximum atomic E-state index is 12.3. The van der Waals surface area contributed by atoms with Crippen molar-refractivity contribution in [3.63, 3.8) is 0 Å². The highest BCUT2D eigenvalue weighted by molar-refractivity contribution is 5.96. The minimum absolute atomic E-state index is 0.00359. The highest BCUT2D eigenvalue weighted by Gasteiger charge is 2.45. The van der Waals surface area contributed by atoms with Crippen LogP contribution in [0.2, 0.25) is 0 Å². The standard InChI is InChI=1S/C16H24N2O/c1-10(2)16(5-6-16)9-18-15(19)13-8-14(17)12(4)7-11(13)3/h7-8,10H,5-6,9,17H2,1-4H3,(H,18,19). The molecular weight excluding hydrogens is 236 g/mol.